The Bertz CT molecular complexity index is 1880. The number of rotatable bonds is 10. The second-order valence-corrected chi connectivity index (χ2v) is 13.6. The molecule has 1 spiro atoms. The van der Waals surface area contributed by atoms with E-state index in [9.17, 15) is 9.59 Å². The van der Waals surface area contributed by atoms with Gasteiger partial charge in [0.1, 0.15) is 17.9 Å². The number of amides is 2. The first-order chi connectivity index (χ1) is 24.9. The zero-order valence-corrected chi connectivity index (χ0v) is 30.1. The van der Waals surface area contributed by atoms with Gasteiger partial charge in [0, 0.05) is 38.6 Å². The lowest BCUT2D eigenvalue weighted by Gasteiger charge is -2.52. The number of hydrogen-bond acceptors (Lipinski definition) is 10. The van der Waals surface area contributed by atoms with Gasteiger partial charge in [-0.3, -0.25) is 9.59 Å². The van der Waals surface area contributed by atoms with Crippen molar-refractivity contribution in [3.05, 3.63) is 65.6 Å². The van der Waals surface area contributed by atoms with Crippen molar-refractivity contribution in [2.45, 2.75) is 51.1 Å². The molecule has 4 heterocycles. The number of benzene rings is 2. The molecule has 51 heavy (non-hydrogen) atoms. The Morgan fingerprint density at radius 2 is 1.75 bits per heavy atom. The van der Waals surface area contributed by atoms with Gasteiger partial charge in [-0.15, -0.1) is 0 Å². The molecule has 0 unspecified atom stereocenters. The first kappa shape index (κ1) is 34.5. The van der Waals surface area contributed by atoms with Crippen LogP contribution in [-0.2, 0) is 28.1 Å². The predicted octanol–water partition coefficient (Wildman–Crippen LogP) is 3.63. The van der Waals surface area contributed by atoms with Gasteiger partial charge in [0.2, 0.25) is 11.8 Å². The number of methoxy groups -OCH3 is 2. The topological polar surface area (TPSA) is 127 Å². The van der Waals surface area contributed by atoms with Crippen LogP contribution in [0.3, 0.4) is 0 Å². The van der Waals surface area contributed by atoms with E-state index in [1.54, 1.807) is 27.6 Å². The number of carbonyl (C=O) groups excluding carboxylic acids is 2. The molecule has 4 aromatic rings. The normalized spacial score (nSPS) is 20.4. The van der Waals surface area contributed by atoms with Crippen LogP contribution >= 0.6 is 0 Å². The van der Waals surface area contributed by atoms with Gasteiger partial charge in [-0.2, -0.15) is 5.10 Å². The van der Waals surface area contributed by atoms with Crippen molar-refractivity contribution >= 4 is 28.7 Å². The average molecular weight is 697 g/mol. The smallest absolute Gasteiger partial charge is 0.237 e. The molecule has 0 radical (unpaired) electrons. The fourth-order valence-electron chi connectivity index (χ4n) is 8.36. The van der Waals surface area contributed by atoms with Crippen molar-refractivity contribution in [3.63, 3.8) is 0 Å². The Kier molecular flexibility index (Phi) is 9.99. The molecule has 270 valence electrons. The number of nitrogens with zero attached hydrogens (tertiary/aromatic N) is 7. The van der Waals surface area contributed by atoms with Crippen LogP contribution in [0.5, 0.6) is 17.2 Å². The highest BCUT2D eigenvalue weighted by atomic mass is 16.5. The van der Waals surface area contributed by atoms with E-state index in [2.05, 4.69) is 48.4 Å². The fourth-order valence-corrected chi connectivity index (χ4v) is 8.36. The number of anilines is 1. The van der Waals surface area contributed by atoms with Gasteiger partial charge in [-0.25, -0.2) is 14.6 Å². The molecular formula is C38H48N8O5. The van der Waals surface area contributed by atoms with Crippen molar-refractivity contribution in [1.82, 2.24) is 34.9 Å². The van der Waals surface area contributed by atoms with E-state index in [0.29, 0.717) is 57.4 Å². The van der Waals surface area contributed by atoms with Crippen LogP contribution in [0.2, 0.25) is 0 Å². The van der Waals surface area contributed by atoms with E-state index >= 15 is 0 Å². The number of aromatic nitrogens is 4. The standard InChI is InChI=1S/C38H48N8O5/c1-5-51-29-8-6-7-26(19-29)24-46-36-30(22-42-46)35(40-25-41-36)43-15-17-44(18-16-43)37(48)27-9-12-38(13-10-27)31-21-33(50-4)32(49-3)20-28(31)11-14-45(38)34(47)23-39-2/h6-8,19-22,25,27,39H,5,9-18,23-24H2,1-4H3/t27-,38+. The van der Waals surface area contributed by atoms with Gasteiger partial charge < -0.3 is 34.2 Å². The van der Waals surface area contributed by atoms with Crippen molar-refractivity contribution in [2.75, 3.05) is 72.0 Å². The third-order valence-electron chi connectivity index (χ3n) is 10.9. The minimum Gasteiger partial charge on any atom is -0.494 e. The SMILES string of the molecule is CCOc1cccc(Cn2ncc3c(N4CCN(C(=O)[C@H]5CC[C@@]6(CC5)c5cc(OC)c(OC)cc5CCN6C(=O)CNC)CC4)ncnc32)c1. The highest BCUT2D eigenvalue weighted by Gasteiger charge is 2.48. The van der Waals surface area contributed by atoms with Crippen LogP contribution in [0.1, 0.15) is 49.3 Å². The van der Waals surface area contributed by atoms with Gasteiger partial charge in [-0.1, -0.05) is 12.1 Å². The van der Waals surface area contributed by atoms with E-state index in [0.717, 1.165) is 65.8 Å². The van der Waals surface area contributed by atoms with E-state index in [-0.39, 0.29) is 24.3 Å². The Hall–Kier alpha value is -4.91. The van der Waals surface area contributed by atoms with E-state index < -0.39 is 5.54 Å². The van der Waals surface area contributed by atoms with E-state index in [1.807, 2.05) is 40.9 Å². The van der Waals surface area contributed by atoms with Crippen molar-refractivity contribution in [2.24, 2.45) is 5.92 Å². The number of carbonyl (C=O) groups is 2. The molecule has 1 saturated heterocycles. The third kappa shape index (κ3) is 6.55. The number of hydrogen-bond donors (Lipinski definition) is 1. The number of likely N-dealkylation sites (N-methyl/N-ethyl adjacent to an activating group) is 1. The summed E-state index contributed by atoms with van der Waals surface area (Å²) in [4.78, 5) is 43.0. The second-order valence-electron chi connectivity index (χ2n) is 13.6. The molecule has 1 saturated carbocycles. The zero-order chi connectivity index (χ0) is 35.5. The minimum absolute atomic E-state index is 0.0824. The fraction of sp³-hybridized carbons (Fsp3) is 0.500. The summed E-state index contributed by atoms with van der Waals surface area (Å²) in [5.74, 6) is 3.24. The zero-order valence-electron chi connectivity index (χ0n) is 30.1. The molecule has 2 aliphatic heterocycles. The molecule has 1 N–H and O–H groups in total. The molecule has 2 aromatic heterocycles. The largest absolute Gasteiger partial charge is 0.494 e. The van der Waals surface area contributed by atoms with Crippen LogP contribution < -0.4 is 24.4 Å². The van der Waals surface area contributed by atoms with Crippen LogP contribution in [-0.4, -0.2) is 109 Å². The van der Waals surface area contributed by atoms with Crippen LogP contribution in [0.4, 0.5) is 5.82 Å². The molecule has 0 atom stereocenters. The third-order valence-corrected chi connectivity index (χ3v) is 10.9. The number of fused-ring (bicyclic) bond motifs is 3. The predicted molar refractivity (Wildman–Crippen MR) is 193 cm³/mol. The molecule has 1 aliphatic carbocycles. The lowest BCUT2D eigenvalue weighted by Crippen LogP contribution is -2.57. The Labute approximate surface area is 298 Å². The molecule has 0 bridgehead atoms. The average Bonchev–Trinajstić information content (AvgIpc) is 3.57. The summed E-state index contributed by atoms with van der Waals surface area (Å²) in [7, 11) is 5.09. The summed E-state index contributed by atoms with van der Waals surface area (Å²) in [6.45, 7) is 6.68. The molecule has 2 fully saturated rings. The van der Waals surface area contributed by atoms with Crippen molar-refractivity contribution < 1.29 is 23.8 Å². The minimum atomic E-state index is -0.481. The van der Waals surface area contributed by atoms with Gasteiger partial charge in [0.05, 0.1) is 51.0 Å². The van der Waals surface area contributed by atoms with Gasteiger partial charge in [0.15, 0.2) is 17.1 Å². The van der Waals surface area contributed by atoms with Gasteiger partial charge >= 0.3 is 0 Å². The summed E-state index contributed by atoms with van der Waals surface area (Å²) in [6, 6.07) is 12.2. The molecule has 3 aliphatic rings. The lowest BCUT2D eigenvalue weighted by atomic mass is 9.68. The lowest BCUT2D eigenvalue weighted by molar-refractivity contribution is -0.143. The monoisotopic (exact) mass is 696 g/mol. The summed E-state index contributed by atoms with van der Waals surface area (Å²) in [5, 5.41) is 8.61. The molecule has 13 nitrogen and oxygen atoms in total. The van der Waals surface area contributed by atoms with Crippen molar-refractivity contribution in [3.8, 4) is 17.2 Å². The van der Waals surface area contributed by atoms with Gasteiger partial charge in [-0.05, 0) is 87.0 Å². The summed E-state index contributed by atoms with van der Waals surface area (Å²) < 4.78 is 18.9. The summed E-state index contributed by atoms with van der Waals surface area (Å²) in [5.41, 5.74) is 3.68. The Morgan fingerprint density at radius 3 is 2.47 bits per heavy atom. The number of nitrogens with one attached hydrogen (secondary N) is 1. The van der Waals surface area contributed by atoms with Crippen LogP contribution in [0.25, 0.3) is 11.0 Å². The van der Waals surface area contributed by atoms with Crippen LogP contribution in [0.15, 0.2) is 48.9 Å². The van der Waals surface area contributed by atoms with Crippen LogP contribution in [0, 0.1) is 5.92 Å². The molecule has 2 aromatic carbocycles. The summed E-state index contributed by atoms with van der Waals surface area (Å²) in [6.07, 6.45) is 7.07. The maximum absolute atomic E-state index is 14.0. The van der Waals surface area contributed by atoms with Gasteiger partial charge in [0.25, 0.3) is 0 Å². The molecule has 13 heteroatoms. The second kappa shape index (κ2) is 14.7. The Morgan fingerprint density at radius 1 is 0.980 bits per heavy atom. The maximum atomic E-state index is 14.0. The van der Waals surface area contributed by atoms with E-state index in [4.69, 9.17) is 14.2 Å². The first-order valence-corrected chi connectivity index (χ1v) is 18.0. The van der Waals surface area contributed by atoms with E-state index in [1.165, 1.54) is 5.56 Å². The summed E-state index contributed by atoms with van der Waals surface area (Å²) >= 11 is 0. The molecule has 7 rings (SSSR count). The number of piperazine rings is 1. The maximum Gasteiger partial charge on any atom is 0.237 e. The van der Waals surface area contributed by atoms with Crippen molar-refractivity contribution in [1.29, 1.82) is 0 Å². The molecule has 2 amide bonds. The Balaban J connectivity index is 1.02. The molecular weight excluding hydrogens is 648 g/mol. The first-order valence-electron chi connectivity index (χ1n) is 18.0. The highest BCUT2D eigenvalue weighted by molar-refractivity contribution is 5.87. The highest BCUT2D eigenvalue weighted by Crippen LogP contribution is 2.50. The quantitative estimate of drug-likeness (QED) is 0.263. The number of ether oxygens (including phenoxy) is 3.